The van der Waals surface area contributed by atoms with Crippen LogP contribution in [0.2, 0.25) is 0 Å². The first-order valence-electron chi connectivity index (χ1n) is 14.1. The number of aromatic nitrogens is 1. The second-order valence-electron chi connectivity index (χ2n) is 10.4. The van der Waals surface area contributed by atoms with Crippen molar-refractivity contribution in [2.24, 2.45) is 0 Å². The molecule has 1 N–H and O–H groups in total. The van der Waals surface area contributed by atoms with Crippen LogP contribution in [-0.2, 0) is 24.1 Å². The number of furan rings is 1. The fraction of sp³-hybridized carbons (Fsp3) is 0.273. The summed E-state index contributed by atoms with van der Waals surface area (Å²) in [5.41, 5.74) is 4.32. The molecule has 0 bridgehead atoms. The number of aryl methyl sites for hydroxylation is 2. The number of fused-ring (bicyclic) bond motifs is 3. The van der Waals surface area contributed by atoms with E-state index in [1.165, 1.54) is 12.1 Å². The van der Waals surface area contributed by atoms with E-state index in [1.807, 2.05) is 4.90 Å². The van der Waals surface area contributed by atoms with Crippen LogP contribution < -0.4 is 5.32 Å². The van der Waals surface area contributed by atoms with E-state index >= 15 is 0 Å². The average Bonchev–Trinajstić information content (AvgIpc) is 3.76. The summed E-state index contributed by atoms with van der Waals surface area (Å²) in [5.74, 6) is -0.663. The second-order valence-corrected chi connectivity index (χ2v) is 10.4. The first kappa shape index (κ1) is 27.4. The molecule has 42 heavy (non-hydrogen) atoms. The number of halogens is 1. The summed E-state index contributed by atoms with van der Waals surface area (Å²) in [5, 5.41) is 2.83. The van der Waals surface area contributed by atoms with Crippen molar-refractivity contribution < 1.29 is 27.9 Å². The molecule has 1 atom stereocenters. The smallest absolute Gasteiger partial charge is 0.340 e. The highest BCUT2D eigenvalue weighted by Gasteiger charge is 2.44. The number of benzene rings is 2. The van der Waals surface area contributed by atoms with Gasteiger partial charge in [-0.2, -0.15) is 0 Å². The zero-order chi connectivity index (χ0) is 29.2. The molecule has 1 fully saturated rings. The Morgan fingerprint density at radius 3 is 2.57 bits per heavy atom. The number of ether oxygens (including phenoxy) is 1. The maximum atomic E-state index is 13.7. The Kier molecular flexibility index (Phi) is 7.56. The molecule has 0 radical (unpaired) electrons. The summed E-state index contributed by atoms with van der Waals surface area (Å²) in [7, 11) is 0. The van der Waals surface area contributed by atoms with Crippen LogP contribution in [0.15, 0.2) is 71.3 Å². The van der Waals surface area contributed by atoms with Crippen molar-refractivity contribution in [2.45, 2.75) is 45.2 Å². The molecular weight excluding hydrogens is 537 g/mol. The number of carbonyl (C=O) groups is 3. The van der Waals surface area contributed by atoms with Gasteiger partial charge in [-0.15, -0.1) is 0 Å². The standard InChI is InChI=1S/C33H30FN3O5/c1-2-41-33(40)28-25(16-9-20-7-14-23(34)15-8-20)36-30-26-6-3-17-37(26)32(39)29(30)27(28)21-10-12-22(13-11-21)31(38)35-19-24-5-4-18-42-24/h4-5,7-8,10-15,18,26H,2-3,6,9,16-17,19H2,1H3,(H,35,38)/t26-/m0/s1. The molecule has 2 aromatic carbocycles. The molecule has 2 amide bonds. The van der Waals surface area contributed by atoms with Crippen molar-refractivity contribution in [3.8, 4) is 11.1 Å². The minimum atomic E-state index is -0.558. The second kappa shape index (κ2) is 11.6. The zero-order valence-electron chi connectivity index (χ0n) is 23.2. The molecule has 0 saturated carbocycles. The van der Waals surface area contributed by atoms with Gasteiger partial charge in [0.2, 0.25) is 0 Å². The summed E-state index contributed by atoms with van der Waals surface area (Å²) in [6, 6.07) is 16.5. The van der Waals surface area contributed by atoms with Gasteiger partial charge in [-0.05, 0) is 80.1 Å². The van der Waals surface area contributed by atoms with E-state index in [9.17, 15) is 18.8 Å². The maximum Gasteiger partial charge on any atom is 0.340 e. The third kappa shape index (κ3) is 5.18. The third-order valence-electron chi connectivity index (χ3n) is 7.83. The van der Waals surface area contributed by atoms with Crippen LogP contribution in [0.3, 0.4) is 0 Å². The van der Waals surface area contributed by atoms with Crippen molar-refractivity contribution in [1.82, 2.24) is 15.2 Å². The molecule has 214 valence electrons. The van der Waals surface area contributed by atoms with E-state index in [0.29, 0.717) is 58.8 Å². The molecule has 6 rings (SSSR count). The molecule has 4 heterocycles. The van der Waals surface area contributed by atoms with Crippen LogP contribution in [0.4, 0.5) is 4.39 Å². The van der Waals surface area contributed by atoms with Crippen LogP contribution in [0, 0.1) is 5.82 Å². The topological polar surface area (TPSA) is 102 Å². The Morgan fingerprint density at radius 2 is 1.86 bits per heavy atom. The minimum absolute atomic E-state index is 0.140. The monoisotopic (exact) mass is 567 g/mol. The molecule has 0 spiro atoms. The quantitative estimate of drug-likeness (QED) is 0.262. The molecule has 2 aliphatic heterocycles. The maximum absolute atomic E-state index is 13.7. The Balaban J connectivity index is 1.42. The molecule has 9 heteroatoms. The van der Waals surface area contributed by atoms with Crippen LogP contribution in [0.1, 0.15) is 79.6 Å². The number of nitrogens with zero attached hydrogens (tertiary/aromatic N) is 2. The van der Waals surface area contributed by atoms with Gasteiger partial charge < -0.3 is 19.4 Å². The van der Waals surface area contributed by atoms with Gasteiger partial charge in [-0.25, -0.2) is 9.18 Å². The number of pyridine rings is 1. The van der Waals surface area contributed by atoms with Gasteiger partial charge in [-0.3, -0.25) is 14.6 Å². The zero-order valence-corrected chi connectivity index (χ0v) is 23.2. The summed E-state index contributed by atoms with van der Waals surface area (Å²) >= 11 is 0. The SMILES string of the molecule is CCOC(=O)c1c(CCc2ccc(F)cc2)nc2c(c1-c1ccc(C(=O)NCc3ccco3)cc1)C(=O)N1CCC[C@@H]21. The summed E-state index contributed by atoms with van der Waals surface area (Å²) in [6.45, 7) is 2.77. The highest BCUT2D eigenvalue weighted by Crippen LogP contribution is 2.45. The minimum Gasteiger partial charge on any atom is -0.467 e. The van der Waals surface area contributed by atoms with E-state index in [-0.39, 0.29) is 42.4 Å². The molecule has 0 aliphatic carbocycles. The van der Waals surface area contributed by atoms with Gasteiger partial charge in [0.15, 0.2) is 0 Å². The normalized spacial score (nSPS) is 15.4. The van der Waals surface area contributed by atoms with Gasteiger partial charge in [0.25, 0.3) is 11.8 Å². The lowest BCUT2D eigenvalue weighted by atomic mass is 9.89. The summed E-state index contributed by atoms with van der Waals surface area (Å²) in [6.07, 6.45) is 4.16. The van der Waals surface area contributed by atoms with Crippen molar-refractivity contribution in [3.05, 3.63) is 112 Å². The van der Waals surface area contributed by atoms with Gasteiger partial charge in [0.05, 0.1) is 48.0 Å². The molecular formula is C33H30FN3O5. The third-order valence-corrected chi connectivity index (χ3v) is 7.83. The predicted octanol–water partition coefficient (Wildman–Crippen LogP) is 5.66. The van der Waals surface area contributed by atoms with E-state index in [1.54, 1.807) is 61.7 Å². The first-order valence-corrected chi connectivity index (χ1v) is 14.1. The Morgan fingerprint density at radius 1 is 1.07 bits per heavy atom. The molecule has 8 nitrogen and oxygen atoms in total. The van der Waals surface area contributed by atoms with Crippen molar-refractivity contribution in [1.29, 1.82) is 0 Å². The van der Waals surface area contributed by atoms with E-state index in [4.69, 9.17) is 14.1 Å². The van der Waals surface area contributed by atoms with E-state index in [2.05, 4.69) is 5.32 Å². The average molecular weight is 568 g/mol. The van der Waals surface area contributed by atoms with Gasteiger partial charge in [0.1, 0.15) is 11.6 Å². The largest absolute Gasteiger partial charge is 0.467 e. The summed E-state index contributed by atoms with van der Waals surface area (Å²) in [4.78, 5) is 46.8. The van der Waals surface area contributed by atoms with Crippen LogP contribution in [0.5, 0.6) is 0 Å². The number of hydrogen-bond acceptors (Lipinski definition) is 6. The number of rotatable bonds is 9. The van der Waals surface area contributed by atoms with E-state index < -0.39 is 5.97 Å². The Bertz CT molecular complexity index is 1630. The molecule has 2 aromatic heterocycles. The number of amides is 2. The first-order chi connectivity index (χ1) is 20.4. The Labute approximate surface area is 242 Å². The van der Waals surface area contributed by atoms with Crippen molar-refractivity contribution in [3.63, 3.8) is 0 Å². The van der Waals surface area contributed by atoms with Crippen LogP contribution in [-0.4, -0.2) is 40.8 Å². The van der Waals surface area contributed by atoms with Gasteiger partial charge in [-0.1, -0.05) is 24.3 Å². The van der Waals surface area contributed by atoms with Crippen molar-refractivity contribution in [2.75, 3.05) is 13.2 Å². The highest BCUT2D eigenvalue weighted by atomic mass is 19.1. The Hall–Kier alpha value is -4.79. The van der Waals surface area contributed by atoms with Gasteiger partial charge >= 0.3 is 5.97 Å². The lowest BCUT2D eigenvalue weighted by Gasteiger charge is -2.18. The predicted molar refractivity (Wildman–Crippen MR) is 152 cm³/mol. The highest BCUT2D eigenvalue weighted by molar-refractivity contribution is 6.11. The molecule has 1 saturated heterocycles. The fourth-order valence-electron chi connectivity index (χ4n) is 5.83. The number of esters is 1. The summed E-state index contributed by atoms with van der Waals surface area (Å²) < 4.78 is 24.3. The molecule has 2 aliphatic rings. The lowest BCUT2D eigenvalue weighted by Crippen LogP contribution is -2.23. The lowest BCUT2D eigenvalue weighted by molar-refractivity contribution is 0.0525. The van der Waals surface area contributed by atoms with Crippen LogP contribution in [0.25, 0.3) is 11.1 Å². The van der Waals surface area contributed by atoms with Gasteiger partial charge in [0, 0.05) is 17.7 Å². The van der Waals surface area contributed by atoms with E-state index in [0.717, 1.165) is 18.4 Å². The number of carbonyl (C=O) groups excluding carboxylic acids is 3. The number of nitrogens with one attached hydrogen (secondary N) is 1. The van der Waals surface area contributed by atoms with Crippen LogP contribution >= 0.6 is 0 Å². The number of hydrogen-bond donors (Lipinski definition) is 1. The fourth-order valence-corrected chi connectivity index (χ4v) is 5.83. The molecule has 4 aromatic rings. The van der Waals surface area contributed by atoms with Crippen molar-refractivity contribution >= 4 is 17.8 Å². The molecule has 0 unspecified atom stereocenters.